The summed E-state index contributed by atoms with van der Waals surface area (Å²) in [5.41, 5.74) is 5.04. The molecule has 23 heavy (non-hydrogen) atoms. The van der Waals surface area contributed by atoms with Crippen LogP contribution in [0, 0.1) is 10.1 Å². The molecule has 0 spiro atoms. The number of nitrogen functional groups attached to an aromatic ring is 1. The molecule has 1 saturated heterocycles. The first-order chi connectivity index (χ1) is 10.7. The van der Waals surface area contributed by atoms with E-state index in [0.717, 1.165) is 6.42 Å². The molecule has 1 unspecified atom stereocenters. The normalized spacial score (nSPS) is 25.9. The standard InChI is InChI=1S/C15H19N3O5/c1-15(2)14(20)13(17-5-3-4-12(17)19)8-6-9(16)10(18(21)22)7-11(8)23-15/h6-7,13-14,20H,3-5,16H2,1-2H3/t13?,14-/m0/s1. The fourth-order valence-electron chi connectivity index (χ4n) is 3.28. The summed E-state index contributed by atoms with van der Waals surface area (Å²) in [6, 6.07) is 2.08. The number of nitro groups is 1. The highest BCUT2D eigenvalue weighted by molar-refractivity contribution is 5.79. The Hall–Kier alpha value is -2.35. The molecule has 0 bridgehead atoms. The molecule has 124 valence electrons. The summed E-state index contributed by atoms with van der Waals surface area (Å²) in [5.74, 6) is 0.237. The molecule has 2 heterocycles. The van der Waals surface area contributed by atoms with Crippen molar-refractivity contribution in [2.24, 2.45) is 0 Å². The SMILES string of the molecule is CC1(C)Oc2cc([N+](=O)[O-])c(N)cc2C(N2CCCC2=O)[C@@H]1O. The maximum Gasteiger partial charge on any atom is 0.295 e. The van der Waals surface area contributed by atoms with Gasteiger partial charge in [0.15, 0.2) is 0 Å². The van der Waals surface area contributed by atoms with E-state index in [1.54, 1.807) is 18.7 Å². The quantitative estimate of drug-likeness (QED) is 0.482. The summed E-state index contributed by atoms with van der Waals surface area (Å²) in [5, 5.41) is 21.8. The van der Waals surface area contributed by atoms with E-state index in [4.69, 9.17) is 10.5 Å². The van der Waals surface area contributed by atoms with E-state index in [0.29, 0.717) is 18.5 Å². The zero-order chi connectivity index (χ0) is 16.9. The van der Waals surface area contributed by atoms with Crippen molar-refractivity contribution in [1.82, 2.24) is 4.90 Å². The number of amides is 1. The molecule has 2 aliphatic rings. The minimum Gasteiger partial charge on any atom is -0.484 e. The molecule has 0 saturated carbocycles. The van der Waals surface area contributed by atoms with Crippen molar-refractivity contribution >= 4 is 17.3 Å². The van der Waals surface area contributed by atoms with Gasteiger partial charge in [-0.2, -0.15) is 0 Å². The first-order valence-corrected chi connectivity index (χ1v) is 7.46. The average Bonchev–Trinajstić information content (AvgIpc) is 2.86. The second-order valence-corrected chi connectivity index (χ2v) is 6.49. The minimum absolute atomic E-state index is 0.0131. The van der Waals surface area contributed by atoms with Crippen LogP contribution in [0.25, 0.3) is 0 Å². The van der Waals surface area contributed by atoms with Gasteiger partial charge in [-0.3, -0.25) is 14.9 Å². The fourth-order valence-corrected chi connectivity index (χ4v) is 3.28. The van der Waals surface area contributed by atoms with Crippen LogP contribution in [0.3, 0.4) is 0 Å². The largest absolute Gasteiger partial charge is 0.484 e. The monoisotopic (exact) mass is 321 g/mol. The molecular weight excluding hydrogens is 302 g/mol. The highest BCUT2D eigenvalue weighted by atomic mass is 16.6. The molecule has 2 atom stereocenters. The summed E-state index contributed by atoms with van der Waals surface area (Å²) >= 11 is 0. The van der Waals surface area contributed by atoms with Gasteiger partial charge in [0.1, 0.15) is 23.1 Å². The summed E-state index contributed by atoms with van der Waals surface area (Å²) in [6.07, 6.45) is 0.196. The Balaban J connectivity index is 2.15. The van der Waals surface area contributed by atoms with Gasteiger partial charge in [0, 0.05) is 18.5 Å². The Morgan fingerprint density at radius 3 is 2.74 bits per heavy atom. The number of nitro benzene ring substituents is 1. The second kappa shape index (κ2) is 5.09. The number of nitrogens with two attached hydrogens (primary N) is 1. The van der Waals surface area contributed by atoms with Gasteiger partial charge in [0.2, 0.25) is 5.91 Å². The number of benzene rings is 1. The first kappa shape index (κ1) is 15.5. The molecule has 1 fully saturated rings. The molecule has 2 aliphatic heterocycles. The van der Waals surface area contributed by atoms with Gasteiger partial charge in [-0.25, -0.2) is 0 Å². The summed E-state index contributed by atoms with van der Waals surface area (Å²) < 4.78 is 5.75. The number of carbonyl (C=O) groups is 1. The van der Waals surface area contributed by atoms with Gasteiger partial charge in [-0.15, -0.1) is 0 Å². The van der Waals surface area contributed by atoms with E-state index in [9.17, 15) is 20.0 Å². The molecule has 8 heteroatoms. The Bertz CT molecular complexity index is 688. The van der Waals surface area contributed by atoms with Crippen LogP contribution in [0.2, 0.25) is 0 Å². The molecule has 1 aromatic rings. The first-order valence-electron chi connectivity index (χ1n) is 7.46. The number of ether oxygens (including phenoxy) is 1. The third-order valence-corrected chi connectivity index (χ3v) is 4.50. The Labute approximate surface area is 133 Å². The number of rotatable bonds is 2. The number of anilines is 1. The molecule has 8 nitrogen and oxygen atoms in total. The maximum absolute atomic E-state index is 12.1. The zero-order valence-corrected chi connectivity index (χ0v) is 13.0. The van der Waals surface area contributed by atoms with Crippen molar-refractivity contribution < 1.29 is 19.6 Å². The van der Waals surface area contributed by atoms with Gasteiger partial charge in [0.25, 0.3) is 5.69 Å². The van der Waals surface area contributed by atoms with E-state index in [2.05, 4.69) is 0 Å². The molecular formula is C15H19N3O5. The van der Waals surface area contributed by atoms with Crippen molar-refractivity contribution in [3.8, 4) is 5.75 Å². The van der Waals surface area contributed by atoms with Crippen LogP contribution < -0.4 is 10.5 Å². The number of aliphatic hydroxyl groups is 1. The number of hydrogen-bond acceptors (Lipinski definition) is 6. The highest BCUT2D eigenvalue weighted by Gasteiger charge is 2.48. The number of hydrogen-bond donors (Lipinski definition) is 2. The van der Waals surface area contributed by atoms with E-state index in [-0.39, 0.29) is 23.0 Å². The topological polar surface area (TPSA) is 119 Å². The smallest absolute Gasteiger partial charge is 0.295 e. The van der Waals surface area contributed by atoms with Crippen LogP contribution in [-0.2, 0) is 4.79 Å². The molecule has 0 aliphatic carbocycles. The van der Waals surface area contributed by atoms with Crippen LogP contribution in [-0.4, -0.2) is 39.1 Å². The van der Waals surface area contributed by atoms with Crippen LogP contribution in [0.1, 0.15) is 38.3 Å². The van der Waals surface area contributed by atoms with Crippen LogP contribution in [0.15, 0.2) is 12.1 Å². The van der Waals surface area contributed by atoms with E-state index < -0.39 is 22.7 Å². The van der Waals surface area contributed by atoms with E-state index in [1.165, 1.54) is 12.1 Å². The van der Waals surface area contributed by atoms with Crippen molar-refractivity contribution in [1.29, 1.82) is 0 Å². The van der Waals surface area contributed by atoms with Gasteiger partial charge in [-0.05, 0) is 26.3 Å². The Morgan fingerprint density at radius 1 is 1.48 bits per heavy atom. The summed E-state index contributed by atoms with van der Waals surface area (Å²) in [6.45, 7) is 3.92. The lowest BCUT2D eigenvalue weighted by Crippen LogP contribution is -2.53. The highest BCUT2D eigenvalue weighted by Crippen LogP contribution is 2.46. The summed E-state index contributed by atoms with van der Waals surface area (Å²) in [7, 11) is 0. The number of nitrogens with zero attached hydrogens (tertiary/aromatic N) is 2. The zero-order valence-electron chi connectivity index (χ0n) is 13.0. The van der Waals surface area contributed by atoms with Crippen LogP contribution in [0.4, 0.5) is 11.4 Å². The number of aliphatic hydroxyl groups excluding tert-OH is 1. The lowest BCUT2D eigenvalue weighted by molar-refractivity contribution is -0.384. The molecule has 1 aromatic carbocycles. The molecule has 1 amide bonds. The maximum atomic E-state index is 12.1. The molecule has 3 N–H and O–H groups in total. The van der Waals surface area contributed by atoms with Crippen LogP contribution in [0.5, 0.6) is 5.75 Å². The van der Waals surface area contributed by atoms with E-state index in [1.807, 2.05) is 0 Å². The van der Waals surface area contributed by atoms with Gasteiger partial charge >= 0.3 is 0 Å². The average molecular weight is 321 g/mol. The third kappa shape index (κ3) is 2.39. The van der Waals surface area contributed by atoms with Crippen molar-refractivity contribution in [2.45, 2.75) is 44.4 Å². The van der Waals surface area contributed by atoms with Crippen molar-refractivity contribution in [3.63, 3.8) is 0 Å². The van der Waals surface area contributed by atoms with E-state index >= 15 is 0 Å². The molecule has 3 rings (SSSR count). The number of carbonyl (C=O) groups excluding carboxylic acids is 1. The van der Waals surface area contributed by atoms with Gasteiger partial charge < -0.3 is 20.5 Å². The lowest BCUT2D eigenvalue weighted by atomic mass is 9.85. The Morgan fingerprint density at radius 2 is 2.17 bits per heavy atom. The number of fused-ring (bicyclic) bond motifs is 1. The number of likely N-dealkylation sites (tertiary alicyclic amines) is 1. The summed E-state index contributed by atoms with van der Waals surface area (Å²) in [4.78, 5) is 24.2. The van der Waals surface area contributed by atoms with Crippen molar-refractivity contribution in [2.75, 3.05) is 12.3 Å². The van der Waals surface area contributed by atoms with Gasteiger partial charge in [-0.1, -0.05) is 0 Å². The predicted octanol–water partition coefficient (Wildman–Crippen LogP) is 1.37. The second-order valence-electron chi connectivity index (χ2n) is 6.49. The Kier molecular flexibility index (Phi) is 3.44. The molecule has 0 radical (unpaired) electrons. The molecule has 0 aromatic heterocycles. The predicted molar refractivity (Wildman–Crippen MR) is 81.9 cm³/mol. The third-order valence-electron chi connectivity index (χ3n) is 4.50. The van der Waals surface area contributed by atoms with Gasteiger partial charge in [0.05, 0.1) is 17.0 Å². The lowest BCUT2D eigenvalue weighted by Gasteiger charge is -2.45. The minimum atomic E-state index is -0.982. The van der Waals surface area contributed by atoms with Crippen LogP contribution >= 0.6 is 0 Å². The van der Waals surface area contributed by atoms with Crippen molar-refractivity contribution in [3.05, 3.63) is 27.8 Å². The fraction of sp³-hybridized carbons (Fsp3) is 0.533.